The number of rotatable bonds is 4. The Labute approximate surface area is 124 Å². The molecule has 1 aromatic heterocycles. The smallest absolute Gasteiger partial charge is 0.237 e. The first-order valence-electron chi connectivity index (χ1n) is 7.35. The third-order valence-corrected chi connectivity index (χ3v) is 3.84. The zero-order valence-corrected chi connectivity index (χ0v) is 12.2. The van der Waals surface area contributed by atoms with Crippen LogP contribution in [-0.2, 0) is 11.3 Å². The molecule has 5 nitrogen and oxygen atoms in total. The minimum atomic E-state index is -0.0989. The number of nitrogens with zero attached hydrogens (tertiary/aromatic N) is 2. The van der Waals surface area contributed by atoms with Crippen LogP contribution in [-0.4, -0.2) is 28.0 Å². The average molecular weight is 284 g/mol. The number of imidazole rings is 1. The molecule has 1 unspecified atom stereocenters. The van der Waals surface area contributed by atoms with Gasteiger partial charge in [-0.25, -0.2) is 4.98 Å². The Bertz CT molecular complexity index is 620. The molecule has 1 fully saturated rings. The maximum absolute atomic E-state index is 11.8. The molecule has 1 amide bonds. The Morgan fingerprint density at radius 3 is 2.95 bits per heavy atom. The Morgan fingerprint density at radius 1 is 1.38 bits per heavy atom. The normalized spacial score (nSPS) is 18.5. The highest BCUT2D eigenvalue weighted by Crippen LogP contribution is 2.15. The fourth-order valence-electron chi connectivity index (χ4n) is 2.74. The van der Waals surface area contributed by atoms with Crippen LogP contribution in [0.4, 0.5) is 0 Å². The molecule has 2 heterocycles. The topological polar surface area (TPSA) is 59.0 Å². The molecule has 0 spiro atoms. The highest BCUT2D eigenvalue weighted by Gasteiger charge is 2.21. The van der Waals surface area contributed by atoms with Crippen molar-refractivity contribution in [3.05, 3.63) is 48.0 Å². The predicted octanol–water partition coefficient (Wildman–Crippen LogP) is 1.55. The van der Waals surface area contributed by atoms with Crippen LogP contribution in [0.5, 0.6) is 0 Å². The number of aromatic nitrogens is 2. The minimum absolute atomic E-state index is 0.0989. The van der Waals surface area contributed by atoms with Gasteiger partial charge in [0.05, 0.1) is 17.9 Å². The molecule has 1 atom stereocenters. The number of para-hydroxylation sites is 1. The lowest BCUT2D eigenvalue weighted by molar-refractivity contribution is -0.124. The maximum Gasteiger partial charge on any atom is 0.237 e. The van der Waals surface area contributed by atoms with E-state index >= 15 is 0 Å². The standard InChI is InChI=1S/C16H20N4O/c1-12-18-10-14(20(12)13-6-3-2-4-7-13)11-19-15-8-5-9-17-16(15)21/h2-4,6-7,10,15,19H,5,8-9,11H2,1H3,(H,17,21). The second-order valence-electron chi connectivity index (χ2n) is 5.33. The van der Waals surface area contributed by atoms with E-state index in [1.807, 2.05) is 31.3 Å². The molecular formula is C16H20N4O. The average Bonchev–Trinajstić information content (AvgIpc) is 2.88. The first-order chi connectivity index (χ1) is 10.3. The van der Waals surface area contributed by atoms with Crippen LogP contribution >= 0.6 is 0 Å². The van der Waals surface area contributed by atoms with Gasteiger partial charge in [0.2, 0.25) is 5.91 Å². The van der Waals surface area contributed by atoms with Gasteiger partial charge in [0, 0.05) is 18.8 Å². The summed E-state index contributed by atoms with van der Waals surface area (Å²) in [6.07, 6.45) is 3.79. The number of nitrogens with one attached hydrogen (secondary N) is 2. The van der Waals surface area contributed by atoms with E-state index in [1.54, 1.807) is 0 Å². The molecule has 21 heavy (non-hydrogen) atoms. The summed E-state index contributed by atoms with van der Waals surface area (Å²) in [5.74, 6) is 1.05. The zero-order chi connectivity index (χ0) is 14.7. The number of carbonyl (C=O) groups is 1. The number of piperidine rings is 1. The molecule has 0 bridgehead atoms. The molecule has 1 saturated heterocycles. The summed E-state index contributed by atoms with van der Waals surface area (Å²) in [4.78, 5) is 16.2. The lowest BCUT2D eigenvalue weighted by Gasteiger charge is -2.23. The molecular weight excluding hydrogens is 264 g/mol. The molecule has 5 heteroatoms. The van der Waals surface area contributed by atoms with Gasteiger partial charge in [-0.2, -0.15) is 0 Å². The van der Waals surface area contributed by atoms with Crippen molar-refractivity contribution in [1.29, 1.82) is 0 Å². The SMILES string of the molecule is Cc1ncc(CNC2CCCNC2=O)n1-c1ccccc1. The Balaban J connectivity index is 1.76. The van der Waals surface area contributed by atoms with E-state index in [9.17, 15) is 4.79 Å². The summed E-state index contributed by atoms with van der Waals surface area (Å²) in [5.41, 5.74) is 2.16. The van der Waals surface area contributed by atoms with Crippen molar-refractivity contribution >= 4 is 5.91 Å². The van der Waals surface area contributed by atoms with Gasteiger partial charge in [-0.15, -0.1) is 0 Å². The van der Waals surface area contributed by atoms with Crippen LogP contribution < -0.4 is 10.6 Å². The molecule has 2 aromatic rings. The van der Waals surface area contributed by atoms with Gasteiger partial charge in [0.15, 0.2) is 0 Å². The maximum atomic E-state index is 11.8. The number of carbonyl (C=O) groups excluding carboxylic acids is 1. The molecule has 0 radical (unpaired) electrons. The van der Waals surface area contributed by atoms with Crippen LogP contribution in [0.15, 0.2) is 36.5 Å². The van der Waals surface area contributed by atoms with Crippen molar-refractivity contribution in [1.82, 2.24) is 20.2 Å². The van der Waals surface area contributed by atoms with Crippen molar-refractivity contribution in [2.45, 2.75) is 32.4 Å². The van der Waals surface area contributed by atoms with E-state index < -0.39 is 0 Å². The third kappa shape index (κ3) is 2.97. The first kappa shape index (κ1) is 13.8. The van der Waals surface area contributed by atoms with Crippen molar-refractivity contribution in [2.75, 3.05) is 6.54 Å². The van der Waals surface area contributed by atoms with Gasteiger partial charge < -0.3 is 10.6 Å². The lowest BCUT2D eigenvalue weighted by Crippen LogP contribution is -2.48. The summed E-state index contributed by atoms with van der Waals surface area (Å²) in [6, 6.07) is 10.1. The lowest BCUT2D eigenvalue weighted by atomic mass is 10.1. The molecule has 0 aliphatic carbocycles. The van der Waals surface area contributed by atoms with Gasteiger partial charge in [0.25, 0.3) is 0 Å². The van der Waals surface area contributed by atoms with Crippen molar-refractivity contribution in [3.8, 4) is 5.69 Å². The van der Waals surface area contributed by atoms with Crippen molar-refractivity contribution in [3.63, 3.8) is 0 Å². The Morgan fingerprint density at radius 2 is 2.19 bits per heavy atom. The second kappa shape index (κ2) is 6.10. The molecule has 1 aromatic carbocycles. The molecule has 3 rings (SSSR count). The third-order valence-electron chi connectivity index (χ3n) is 3.84. The Kier molecular flexibility index (Phi) is 4.01. The van der Waals surface area contributed by atoms with Crippen molar-refractivity contribution in [2.24, 2.45) is 0 Å². The molecule has 0 saturated carbocycles. The number of hydrogen-bond acceptors (Lipinski definition) is 3. The largest absolute Gasteiger partial charge is 0.355 e. The van der Waals surface area contributed by atoms with Crippen LogP contribution in [0.3, 0.4) is 0 Å². The molecule has 2 N–H and O–H groups in total. The fraction of sp³-hybridized carbons (Fsp3) is 0.375. The van der Waals surface area contributed by atoms with Crippen LogP contribution in [0, 0.1) is 6.92 Å². The molecule has 1 aliphatic heterocycles. The predicted molar refractivity (Wildman–Crippen MR) is 81.2 cm³/mol. The zero-order valence-electron chi connectivity index (χ0n) is 12.2. The number of amides is 1. The highest BCUT2D eigenvalue weighted by atomic mass is 16.2. The molecule has 110 valence electrons. The van der Waals surface area contributed by atoms with E-state index in [0.29, 0.717) is 6.54 Å². The van der Waals surface area contributed by atoms with Gasteiger partial charge in [-0.3, -0.25) is 9.36 Å². The van der Waals surface area contributed by atoms with Gasteiger partial charge in [-0.05, 0) is 31.9 Å². The van der Waals surface area contributed by atoms with Gasteiger partial charge in [-0.1, -0.05) is 18.2 Å². The Hall–Kier alpha value is -2.14. The van der Waals surface area contributed by atoms with Crippen molar-refractivity contribution < 1.29 is 4.79 Å². The van der Waals surface area contributed by atoms with Gasteiger partial charge >= 0.3 is 0 Å². The second-order valence-corrected chi connectivity index (χ2v) is 5.33. The van der Waals surface area contributed by atoms with E-state index in [1.165, 1.54) is 0 Å². The number of benzene rings is 1. The number of aryl methyl sites for hydroxylation is 1. The minimum Gasteiger partial charge on any atom is -0.355 e. The summed E-state index contributed by atoms with van der Waals surface area (Å²) in [7, 11) is 0. The summed E-state index contributed by atoms with van der Waals surface area (Å²) >= 11 is 0. The van der Waals surface area contributed by atoms with Gasteiger partial charge in [0.1, 0.15) is 5.82 Å². The van der Waals surface area contributed by atoms with Crippen LogP contribution in [0.2, 0.25) is 0 Å². The van der Waals surface area contributed by atoms with E-state index in [4.69, 9.17) is 0 Å². The monoisotopic (exact) mass is 284 g/mol. The quantitative estimate of drug-likeness (QED) is 0.895. The number of hydrogen-bond donors (Lipinski definition) is 2. The first-order valence-corrected chi connectivity index (χ1v) is 7.35. The van der Waals surface area contributed by atoms with E-state index in [2.05, 4.69) is 32.3 Å². The van der Waals surface area contributed by atoms with Crippen LogP contribution in [0.1, 0.15) is 24.4 Å². The van der Waals surface area contributed by atoms with E-state index in [0.717, 1.165) is 36.6 Å². The fourth-order valence-corrected chi connectivity index (χ4v) is 2.74. The summed E-state index contributed by atoms with van der Waals surface area (Å²) in [6.45, 7) is 3.41. The molecule has 1 aliphatic rings. The summed E-state index contributed by atoms with van der Waals surface area (Å²) in [5, 5.41) is 6.23. The highest BCUT2D eigenvalue weighted by molar-refractivity contribution is 5.82. The summed E-state index contributed by atoms with van der Waals surface area (Å²) < 4.78 is 2.12. The van der Waals surface area contributed by atoms with E-state index in [-0.39, 0.29) is 11.9 Å². The van der Waals surface area contributed by atoms with Crippen LogP contribution in [0.25, 0.3) is 5.69 Å².